The van der Waals surface area contributed by atoms with Crippen molar-refractivity contribution in [2.45, 2.75) is 45.9 Å². The lowest BCUT2D eigenvalue weighted by molar-refractivity contribution is -0.149. The van der Waals surface area contributed by atoms with Crippen LogP contribution in [0, 0.1) is 0 Å². The van der Waals surface area contributed by atoms with Crippen molar-refractivity contribution in [2.24, 2.45) is 0 Å². The average Bonchev–Trinajstić information content (AvgIpc) is 2.96. The molecule has 1 aromatic heterocycles. The van der Waals surface area contributed by atoms with Gasteiger partial charge in [0.25, 0.3) is 5.56 Å². The van der Waals surface area contributed by atoms with Gasteiger partial charge in [0.2, 0.25) is 0 Å². The SMILES string of the molecule is CCCNC(C)C(=O)OCn1c(=O)ccc2ccc(OCCCCN3CCN(c4cccc(Cl)c4Cl)CC3)cc21. The van der Waals surface area contributed by atoms with Gasteiger partial charge in [-0.2, -0.15) is 0 Å². The molecule has 40 heavy (non-hydrogen) atoms. The monoisotopic (exact) mass is 588 g/mol. The Labute approximate surface area is 245 Å². The van der Waals surface area contributed by atoms with E-state index in [1.165, 1.54) is 10.6 Å². The second-order valence-electron chi connectivity index (χ2n) is 10.0. The van der Waals surface area contributed by atoms with Gasteiger partial charge in [-0.15, -0.1) is 0 Å². The minimum Gasteiger partial charge on any atom is -0.494 e. The van der Waals surface area contributed by atoms with Crippen molar-refractivity contribution in [1.82, 2.24) is 14.8 Å². The van der Waals surface area contributed by atoms with Gasteiger partial charge in [-0.05, 0) is 75.0 Å². The molecule has 216 valence electrons. The first-order valence-electron chi connectivity index (χ1n) is 13.9. The fourth-order valence-electron chi connectivity index (χ4n) is 4.76. The molecule has 1 fully saturated rings. The summed E-state index contributed by atoms with van der Waals surface area (Å²) in [6.45, 7) is 9.74. The molecule has 1 unspecified atom stereocenters. The molecule has 2 heterocycles. The van der Waals surface area contributed by atoms with Crippen LogP contribution in [0.25, 0.3) is 10.9 Å². The number of pyridine rings is 1. The van der Waals surface area contributed by atoms with Crippen LogP contribution < -0.4 is 20.5 Å². The zero-order valence-electron chi connectivity index (χ0n) is 23.2. The number of fused-ring (bicyclic) bond motifs is 1. The highest BCUT2D eigenvalue weighted by Crippen LogP contribution is 2.32. The smallest absolute Gasteiger partial charge is 0.324 e. The zero-order valence-corrected chi connectivity index (χ0v) is 24.7. The number of halogens is 2. The summed E-state index contributed by atoms with van der Waals surface area (Å²) in [5.74, 6) is 0.294. The molecule has 0 radical (unpaired) electrons. The molecule has 1 N–H and O–H groups in total. The lowest BCUT2D eigenvalue weighted by Gasteiger charge is -2.36. The number of carbonyl (C=O) groups is 1. The number of hydrogen-bond acceptors (Lipinski definition) is 7. The third-order valence-corrected chi connectivity index (χ3v) is 7.94. The largest absolute Gasteiger partial charge is 0.494 e. The Morgan fingerprint density at radius 3 is 2.60 bits per heavy atom. The molecule has 1 aliphatic rings. The summed E-state index contributed by atoms with van der Waals surface area (Å²) in [6, 6.07) is 14.2. The summed E-state index contributed by atoms with van der Waals surface area (Å²) < 4.78 is 12.9. The van der Waals surface area contributed by atoms with E-state index < -0.39 is 6.04 Å². The second-order valence-corrected chi connectivity index (χ2v) is 10.8. The molecule has 10 heteroatoms. The van der Waals surface area contributed by atoms with Crippen LogP contribution in [-0.4, -0.2) is 67.4 Å². The Morgan fingerprint density at radius 1 is 1.05 bits per heavy atom. The number of esters is 1. The van der Waals surface area contributed by atoms with Crippen LogP contribution in [-0.2, 0) is 16.3 Å². The zero-order chi connectivity index (χ0) is 28.5. The Kier molecular flexibility index (Phi) is 11.1. The van der Waals surface area contributed by atoms with Gasteiger partial charge < -0.3 is 19.7 Å². The van der Waals surface area contributed by atoms with E-state index >= 15 is 0 Å². The predicted octanol–water partition coefficient (Wildman–Crippen LogP) is 5.18. The number of aromatic nitrogens is 1. The van der Waals surface area contributed by atoms with E-state index in [0.29, 0.717) is 27.9 Å². The molecule has 1 atom stereocenters. The molecular formula is C30H38Cl2N4O4. The van der Waals surface area contributed by atoms with E-state index in [-0.39, 0.29) is 18.3 Å². The van der Waals surface area contributed by atoms with E-state index in [0.717, 1.165) is 69.6 Å². The fraction of sp³-hybridized carbons (Fsp3) is 0.467. The minimum atomic E-state index is -0.435. The second kappa shape index (κ2) is 14.7. The summed E-state index contributed by atoms with van der Waals surface area (Å²) in [5, 5.41) is 5.18. The van der Waals surface area contributed by atoms with Gasteiger partial charge in [0.05, 0.1) is 27.9 Å². The lowest BCUT2D eigenvalue weighted by atomic mass is 10.2. The predicted molar refractivity (Wildman–Crippen MR) is 162 cm³/mol. The highest BCUT2D eigenvalue weighted by atomic mass is 35.5. The van der Waals surface area contributed by atoms with Gasteiger partial charge in [0.1, 0.15) is 11.8 Å². The first-order chi connectivity index (χ1) is 19.4. The normalized spacial score (nSPS) is 14.8. The quantitative estimate of drug-likeness (QED) is 0.218. The number of unbranched alkanes of at least 4 members (excludes halogenated alkanes) is 1. The molecule has 0 bridgehead atoms. The van der Waals surface area contributed by atoms with E-state index in [1.807, 2.05) is 43.3 Å². The van der Waals surface area contributed by atoms with Gasteiger partial charge in [0, 0.05) is 38.3 Å². The van der Waals surface area contributed by atoms with Crippen molar-refractivity contribution in [3.8, 4) is 5.75 Å². The van der Waals surface area contributed by atoms with Crippen LogP contribution in [0.2, 0.25) is 10.0 Å². The molecule has 8 nitrogen and oxygen atoms in total. The van der Waals surface area contributed by atoms with Crippen molar-refractivity contribution >= 4 is 45.8 Å². The van der Waals surface area contributed by atoms with Crippen LogP contribution >= 0.6 is 23.2 Å². The number of ether oxygens (including phenoxy) is 2. The maximum atomic E-state index is 12.6. The van der Waals surface area contributed by atoms with Crippen molar-refractivity contribution in [3.05, 3.63) is 68.9 Å². The average molecular weight is 590 g/mol. The van der Waals surface area contributed by atoms with Crippen molar-refractivity contribution in [3.63, 3.8) is 0 Å². The van der Waals surface area contributed by atoms with Gasteiger partial charge in [0.15, 0.2) is 6.73 Å². The summed E-state index contributed by atoms with van der Waals surface area (Å²) in [5.41, 5.74) is 1.44. The van der Waals surface area contributed by atoms with E-state index in [9.17, 15) is 9.59 Å². The highest BCUT2D eigenvalue weighted by Gasteiger charge is 2.19. The van der Waals surface area contributed by atoms with Gasteiger partial charge in [-0.3, -0.25) is 19.1 Å². The number of nitrogens with one attached hydrogen (secondary N) is 1. The molecule has 4 rings (SSSR count). The number of hydrogen-bond donors (Lipinski definition) is 1. The van der Waals surface area contributed by atoms with Crippen LogP contribution in [0.15, 0.2) is 53.3 Å². The molecule has 0 spiro atoms. The molecular weight excluding hydrogens is 551 g/mol. The van der Waals surface area contributed by atoms with Crippen LogP contribution in [0.3, 0.4) is 0 Å². The molecule has 2 aromatic carbocycles. The van der Waals surface area contributed by atoms with Gasteiger partial charge >= 0.3 is 5.97 Å². The number of benzene rings is 2. The number of anilines is 1. The third-order valence-electron chi connectivity index (χ3n) is 7.14. The van der Waals surface area contributed by atoms with E-state index in [1.54, 1.807) is 13.0 Å². The maximum Gasteiger partial charge on any atom is 0.324 e. The van der Waals surface area contributed by atoms with E-state index in [2.05, 4.69) is 15.1 Å². The molecule has 1 aliphatic heterocycles. The first-order valence-corrected chi connectivity index (χ1v) is 14.7. The van der Waals surface area contributed by atoms with Crippen molar-refractivity contribution < 1.29 is 14.3 Å². The standard InChI is InChI=1S/C30H38Cl2N4O4/c1-3-13-33-22(2)30(38)40-21-36-27-20-24(11-9-23(27)10-12-28(36)37)39-19-5-4-14-34-15-17-35(18-16-34)26-8-6-7-25(31)29(26)32/h6-12,20,22,33H,3-5,13-19,21H2,1-2H3. The molecule has 3 aromatic rings. The number of nitrogens with zero attached hydrogens (tertiary/aromatic N) is 3. The Hall–Kier alpha value is -2.78. The number of carbonyl (C=O) groups excluding carboxylic acids is 1. The summed E-state index contributed by atoms with van der Waals surface area (Å²) >= 11 is 12.6. The molecule has 1 saturated heterocycles. The van der Waals surface area contributed by atoms with E-state index in [4.69, 9.17) is 32.7 Å². The molecule has 0 aliphatic carbocycles. The summed E-state index contributed by atoms with van der Waals surface area (Å²) in [7, 11) is 0. The number of rotatable bonds is 13. The highest BCUT2D eigenvalue weighted by molar-refractivity contribution is 6.43. The number of piperazine rings is 1. The maximum absolute atomic E-state index is 12.6. The lowest BCUT2D eigenvalue weighted by Crippen LogP contribution is -2.46. The molecule has 0 amide bonds. The Bertz CT molecular complexity index is 1340. The van der Waals surface area contributed by atoms with Crippen LogP contribution in [0.4, 0.5) is 5.69 Å². The Balaban J connectivity index is 1.24. The fourth-order valence-corrected chi connectivity index (χ4v) is 5.18. The minimum absolute atomic E-state index is 0.145. The topological polar surface area (TPSA) is 76.0 Å². The molecule has 0 saturated carbocycles. The summed E-state index contributed by atoms with van der Waals surface area (Å²) in [4.78, 5) is 29.6. The first kappa shape index (κ1) is 30.2. The van der Waals surface area contributed by atoms with Gasteiger partial charge in [-0.25, -0.2) is 0 Å². The van der Waals surface area contributed by atoms with Crippen molar-refractivity contribution in [2.75, 3.05) is 50.8 Å². The third kappa shape index (κ3) is 7.91. The van der Waals surface area contributed by atoms with Crippen molar-refractivity contribution in [1.29, 1.82) is 0 Å². The summed E-state index contributed by atoms with van der Waals surface area (Å²) in [6.07, 6.45) is 2.86. The van der Waals surface area contributed by atoms with Crippen LogP contribution in [0.1, 0.15) is 33.1 Å². The van der Waals surface area contributed by atoms with Crippen LogP contribution in [0.5, 0.6) is 5.75 Å². The van der Waals surface area contributed by atoms with Gasteiger partial charge in [-0.1, -0.05) is 36.2 Å². The Morgan fingerprint density at radius 2 is 1.82 bits per heavy atom.